The smallest absolute Gasteiger partial charge is 0.259 e. The van der Waals surface area contributed by atoms with Gasteiger partial charge in [0.05, 0.1) is 65.2 Å². The van der Waals surface area contributed by atoms with Crippen LogP contribution in [-0.2, 0) is 0 Å². The lowest BCUT2D eigenvalue weighted by atomic mass is 10.0. The van der Waals surface area contributed by atoms with E-state index in [1.165, 1.54) is 28.4 Å². The van der Waals surface area contributed by atoms with Crippen LogP contribution in [0.4, 0.5) is 11.4 Å². The zero-order valence-electron chi connectivity index (χ0n) is 24.2. The van der Waals surface area contributed by atoms with Crippen LogP contribution in [0.3, 0.4) is 0 Å². The Bertz CT molecular complexity index is 1480. The highest BCUT2D eigenvalue weighted by Gasteiger charge is 2.18. The quantitative estimate of drug-likeness (QED) is 0.228. The summed E-state index contributed by atoms with van der Waals surface area (Å²) in [6, 6.07) is 20.7. The summed E-state index contributed by atoms with van der Waals surface area (Å²) in [6.45, 7) is 0. The number of rotatable bonds is 11. The third kappa shape index (κ3) is 6.33. The second-order valence-electron chi connectivity index (χ2n) is 8.87. The van der Waals surface area contributed by atoms with E-state index in [1.54, 1.807) is 74.9 Å². The highest BCUT2D eigenvalue weighted by Crippen LogP contribution is 2.36. The Morgan fingerprint density at radius 2 is 0.833 bits per heavy atom. The minimum Gasteiger partial charge on any atom is -0.497 e. The van der Waals surface area contributed by atoms with Gasteiger partial charge in [-0.05, 0) is 59.7 Å². The van der Waals surface area contributed by atoms with Gasteiger partial charge in [0.15, 0.2) is 0 Å². The molecule has 0 unspecified atom stereocenters. The molecular weight excluding hydrogens is 540 g/mol. The first-order valence-electron chi connectivity index (χ1n) is 12.8. The fourth-order valence-electron chi connectivity index (χ4n) is 4.30. The van der Waals surface area contributed by atoms with Crippen LogP contribution in [-0.4, -0.2) is 54.5 Å². The molecule has 0 radical (unpaired) electrons. The van der Waals surface area contributed by atoms with E-state index in [2.05, 4.69) is 10.6 Å². The minimum atomic E-state index is -0.365. The normalized spacial score (nSPS) is 10.3. The maximum Gasteiger partial charge on any atom is 0.259 e. The van der Waals surface area contributed by atoms with Crippen LogP contribution >= 0.6 is 0 Å². The van der Waals surface area contributed by atoms with Crippen molar-refractivity contribution in [3.63, 3.8) is 0 Å². The summed E-state index contributed by atoms with van der Waals surface area (Å²) >= 11 is 0. The molecule has 218 valence electrons. The largest absolute Gasteiger partial charge is 0.497 e. The van der Waals surface area contributed by atoms with Gasteiger partial charge in [0.2, 0.25) is 0 Å². The summed E-state index contributed by atoms with van der Waals surface area (Å²) in [6.07, 6.45) is 0. The molecule has 0 fully saturated rings. The molecule has 0 saturated heterocycles. The molecule has 0 bridgehead atoms. The first-order chi connectivity index (χ1) is 20.3. The summed E-state index contributed by atoms with van der Waals surface area (Å²) in [4.78, 5) is 26.1. The number of amides is 2. The van der Waals surface area contributed by atoms with Crippen LogP contribution < -0.4 is 39.1 Å². The molecule has 0 aromatic heterocycles. The molecule has 0 aliphatic heterocycles. The molecule has 10 heteroatoms. The van der Waals surface area contributed by atoms with Crippen LogP contribution in [0.5, 0.6) is 34.5 Å². The highest BCUT2D eigenvalue weighted by molar-refractivity contribution is 6.08. The van der Waals surface area contributed by atoms with E-state index in [0.29, 0.717) is 57.0 Å². The summed E-state index contributed by atoms with van der Waals surface area (Å²) in [7, 11) is 9.11. The lowest BCUT2D eigenvalue weighted by molar-refractivity contribution is 0.101. The van der Waals surface area contributed by atoms with E-state index in [0.717, 1.165) is 11.1 Å². The molecule has 2 N–H and O–H groups in total. The Morgan fingerprint density at radius 3 is 1.17 bits per heavy atom. The molecule has 4 aromatic rings. The van der Waals surface area contributed by atoms with Gasteiger partial charge in [0.25, 0.3) is 11.8 Å². The lowest BCUT2D eigenvalue weighted by Gasteiger charge is -2.16. The first kappa shape index (κ1) is 29.6. The number of benzene rings is 4. The Balaban J connectivity index is 1.56. The zero-order valence-corrected chi connectivity index (χ0v) is 24.2. The summed E-state index contributed by atoms with van der Waals surface area (Å²) in [5, 5.41) is 5.76. The van der Waals surface area contributed by atoms with Gasteiger partial charge in [-0.15, -0.1) is 0 Å². The molecular formula is C32H32N2O8. The van der Waals surface area contributed by atoms with Crippen molar-refractivity contribution in [2.24, 2.45) is 0 Å². The minimum absolute atomic E-state index is 0.346. The number of methoxy groups -OCH3 is 6. The lowest BCUT2D eigenvalue weighted by Crippen LogP contribution is -2.14. The summed E-state index contributed by atoms with van der Waals surface area (Å²) in [5.74, 6) is 2.09. The second kappa shape index (κ2) is 13.3. The van der Waals surface area contributed by atoms with Crippen molar-refractivity contribution in [2.45, 2.75) is 0 Å². The predicted molar refractivity (Wildman–Crippen MR) is 160 cm³/mol. The van der Waals surface area contributed by atoms with Crippen molar-refractivity contribution in [1.82, 2.24) is 0 Å². The summed E-state index contributed by atoms with van der Waals surface area (Å²) < 4.78 is 32.3. The maximum atomic E-state index is 13.0. The predicted octanol–water partition coefficient (Wildman–Crippen LogP) is 5.91. The van der Waals surface area contributed by atoms with Crippen molar-refractivity contribution in [3.8, 4) is 45.6 Å². The first-order valence-corrected chi connectivity index (χ1v) is 12.8. The topological polar surface area (TPSA) is 114 Å². The maximum absolute atomic E-state index is 13.0. The molecule has 4 rings (SSSR count). The van der Waals surface area contributed by atoms with Gasteiger partial charge in [-0.3, -0.25) is 9.59 Å². The van der Waals surface area contributed by atoms with Crippen LogP contribution in [0.25, 0.3) is 11.1 Å². The monoisotopic (exact) mass is 572 g/mol. The molecule has 0 spiro atoms. The number of ether oxygens (including phenoxy) is 6. The van der Waals surface area contributed by atoms with Crippen molar-refractivity contribution in [2.75, 3.05) is 53.3 Å². The number of anilines is 2. The zero-order chi connectivity index (χ0) is 30.2. The molecule has 0 heterocycles. The Morgan fingerprint density at radius 1 is 0.452 bits per heavy atom. The number of hydrogen-bond acceptors (Lipinski definition) is 8. The molecule has 10 nitrogen and oxygen atoms in total. The van der Waals surface area contributed by atoms with Crippen LogP contribution in [0.15, 0.2) is 72.8 Å². The number of carbonyl (C=O) groups is 2. The van der Waals surface area contributed by atoms with Gasteiger partial charge in [0.1, 0.15) is 34.5 Å². The van der Waals surface area contributed by atoms with Crippen LogP contribution in [0.2, 0.25) is 0 Å². The average molecular weight is 573 g/mol. The Labute approximate surface area is 244 Å². The number of nitrogens with one attached hydrogen (secondary N) is 2. The third-order valence-electron chi connectivity index (χ3n) is 6.54. The van der Waals surface area contributed by atoms with E-state index in [4.69, 9.17) is 28.4 Å². The third-order valence-corrected chi connectivity index (χ3v) is 6.54. The van der Waals surface area contributed by atoms with Gasteiger partial charge >= 0.3 is 0 Å². The molecule has 0 aliphatic rings. The van der Waals surface area contributed by atoms with Crippen molar-refractivity contribution in [1.29, 1.82) is 0 Å². The van der Waals surface area contributed by atoms with Crippen molar-refractivity contribution >= 4 is 23.2 Å². The average Bonchev–Trinajstić information content (AvgIpc) is 3.04. The van der Waals surface area contributed by atoms with Gasteiger partial charge in [-0.25, -0.2) is 0 Å². The number of carbonyl (C=O) groups excluding carboxylic acids is 2. The van der Waals surface area contributed by atoms with Gasteiger partial charge in [-0.1, -0.05) is 12.1 Å². The van der Waals surface area contributed by atoms with Gasteiger partial charge < -0.3 is 39.1 Å². The van der Waals surface area contributed by atoms with E-state index in [9.17, 15) is 9.59 Å². The number of hydrogen-bond donors (Lipinski definition) is 2. The second-order valence-corrected chi connectivity index (χ2v) is 8.87. The fraction of sp³-hybridized carbons (Fsp3) is 0.188. The SMILES string of the molecule is COc1ccc(C(=O)Nc2ccc(-c3ccc(NC(=O)c4ccc(OC)cc4OC)c(OC)c3)cc2OC)c(OC)c1. The standard InChI is InChI=1S/C32H32N2O8/c1-37-21-9-11-23(27(17-21)39-3)31(35)33-25-13-7-19(15-29(25)41-5)20-8-14-26(30(16-20)42-6)34-32(36)24-12-10-22(38-2)18-28(24)40-4/h7-18H,1-6H3,(H,33,35)(H,34,36). The van der Waals surface area contributed by atoms with E-state index >= 15 is 0 Å². The van der Waals surface area contributed by atoms with E-state index in [-0.39, 0.29) is 11.8 Å². The molecule has 0 atom stereocenters. The van der Waals surface area contributed by atoms with E-state index < -0.39 is 0 Å². The molecule has 0 aliphatic carbocycles. The van der Waals surface area contributed by atoms with E-state index in [1.807, 2.05) is 12.1 Å². The molecule has 42 heavy (non-hydrogen) atoms. The Kier molecular flexibility index (Phi) is 9.39. The summed E-state index contributed by atoms with van der Waals surface area (Å²) in [5.41, 5.74) is 3.26. The fourth-order valence-corrected chi connectivity index (χ4v) is 4.30. The van der Waals surface area contributed by atoms with Crippen molar-refractivity contribution in [3.05, 3.63) is 83.9 Å². The van der Waals surface area contributed by atoms with Gasteiger partial charge in [-0.2, -0.15) is 0 Å². The molecule has 4 aromatic carbocycles. The van der Waals surface area contributed by atoms with Crippen LogP contribution in [0, 0.1) is 0 Å². The molecule has 0 saturated carbocycles. The molecule has 2 amide bonds. The highest BCUT2D eigenvalue weighted by atomic mass is 16.5. The van der Waals surface area contributed by atoms with Gasteiger partial charge in [0, 0.05) is 12.1 Å². The van der Waals surface area contributed by atoms with Crippen molar-refractivity contribution < 1.29 is 38.0 Å². The van der Waals surface area contributed by atoms with Crippen LogP contribution in [0.1, 0.15) is 20.7 Å². The Hall–Kier alpha value is -5.38.